The van der Waals surface area contributed by atoms with Crippen LogP contribution in [0.3, 0.4) is 0 Å². The lowest BCUT2D eigenvalue weighted by Crippen LogP contribution is -2.36. The summed E-state index contributed by atoms with van der Waals surface area (Å²) >= 11 is 0. The number of benzene rings is 1. The van der Waals surface area contributed by atoms with Crippen molar-refractivity contribution in [2.75, 3.05) is 36.5 Å². The van der Waals surface area contributed by atoms with E-state index in [-0.39, 0.29) is 0 Å². The number of anilines is 3. The first-order chi connectivity index (χ1) is 16.7. The molecule has 0 atom stereocenters. The Morgan fingerprint density at radius 2 is 1.74 bits per heavy atom. The number of rotatable bonds is 6. The molecule has 0 saturated carbocycles. The van der Waals surface area contributed by atoms with Gasteiger partial charge < -0.3 is 19.7 Å². The van der Waals surface area contributed by atoms with Crippen LogP contribution in [0.25, 0.3) is 11.4 Å². The smallest absolute Gasteiger partial charge is 0.155 e. The fourth-order valence-corrected chi connectivity index (χ4v) is 3.84. The summed E-state index contributed by atoms with van der Waals surface area (Å²) in [7, 11) is 0. The van der Waals surface area contributed by atoms with E-state index < -0.39 is 0 Å². The summed E-state index contributed by atoms with van der Waals surface area (Å²) in [4.78, 5) is 16.0. The second-order valence-electron chi connectivity index (χ2n) is 8.20. The third-order valence-corrected chi connectivity index (χ3v) is 5.81. The molecule has 4 heterocycles. The van der Waals surface area contributed by atoms with Crippen molar-refractivity contribution < 1.29 is 9.47 Å². The molecule has 172 valence electrons. The van der Waals surface area contributed by atoms with Crippen LogP contribution in [-0.2, 0) is 4.74 Å². The number of morpholine rings is 1. The zero-order valence-electron chi connectivity index (χ0n) is 19.4. The minimum atomic E-state index is 0.661. The number of hydrogen-bond donors (Lipinski definition) is 1. The summed E-state index contributed by atoms with van der Waals surface area (Å²) in [6, 6.07) is 19.9. The molecule has 1 saturated heterocycles. The second-order valence-corrected chi connectivity index (χ2v) is 8.20. The van der Waals surface area contributed by atoms with Crippen LogP contribution < -0.4 is 15.0 Å². The van der Waals surface area contributed by atoms with Crippen molar-refractivity contribution in [1.82, 2.24) is 15.0 Å². The summed E-state index contributed by atoms with van der Waals surface area (Å²) < 4.78 is 11.7. The molecule has 1 fully saturated rings. The summed E-state index contributed by atoms with van der Waals surface area (Å²) in [6.45, 7) is 7.40. The fraction of sp³-hybridized carbons (Fsp3) is 0.222. The molecule has 0 unspecified atom stereocenters. The maximum absolute atomic E-state index is 6.28. The number of ether oxygens (including phenoxy) is 2. The number of nitrogens with zero attached hydrogens (tertiary/aromatic N) is 4. The first kappa shape index (κ1) is 21.9. The number of pyridine rings is 3. The maximum atomic E-state index is 6.28. The zero-order valence-corrected chi connectivity index (χ0v) is 19.4. The largest absolute Gasteiger partial charge is 0.455 e. The minimum absolute atomic E-state index is 0.661. The Morgan fingerprint density at radius 1 is 0.912 bits per heavy atom. The molecule has 1 aliphatic rings. The van der Waals surface area contributed by atoms with Gasteiger partial charge in [-0.15, -0.1) is 0 Å². The van der Waals surface area contributed by atoms with Crippen LogP contribution in [0, 0.1) is 13.8 Å². The Morgan fingerprint density at radius 3 is 2.50 bits per heavy atom. The molecule has 34 heavy (non-hydrogen) atoms. The van der Waals surface area contributed by atoms with Gasteiger partial charge in [0.25, 0.3) is 0 Å². The van der Waals surface area contributed by atoms with Crippen molar-refractivity contribution >= 4 is 17.2 Å². The SMILES string of the molecule is Cc1cc(Oc2ccnc(Nc3ccc(N4CCOCC4)cc3)c2)c(-c2ccccn2)nc1C. The molecule has 1 aromatic carbocycles. The minimum Gasteiger partial charge on any atom is -0.455 e. The summed E-state index contributed by atoms with van der Waals surface area (Å²) in [5.74, 6) is 2.03. The van der Waals surface area contributed by atoms with Gasteiger partial charge >= 0.3 is 0 Å². The Hall–Kier alpha value is -3.97. The van der Waals surface area contributed by atoms with Crippen LogP contribution in [0.15, 0.2) is 73.1 Å². The zero-order chi connectivity index (χ0) is 23.3. The predicted molar refractivity (Wildman–Crippen MR) is 134 cm³/mol. The van der Waals surface area contributed by atoms with Gasteiger partial charge in [-0.2, -0.15) is 0 Å². The van der Waals surface area contributed by atoms with Crippen molar-refractivity contribution in [2.24, 2.45) is 0 Å². The first-order valence-electron chi connectivity index (χ1n) is 11.4. The molecule has 7 nitrogen and oxygen atoms in total. The van der Waals surface area contributed by atoms with Crippen LogP contribution in [0.1, 0.15) is 11.3 Å². The third kappa shape index (κ3) is 5.00. The molecule has 3 aromatic heterocycles. The average molecular weight is 454 g/mol. The normalized spacial score (nSPS) is 13.5. The van der Waals surface area contributed by atoms with Crippen LogP contribution in [0.2, 0.25) is 0 Å². The highest BCUT2D eigenvalue weighted by atomic mass is 16.5. The maximum Gasteiger partial charge on any atom is 0.155 e. The van der Waals surface area contributed by atoms with Crippen LogP contribution in [0.5, 0.6) is 11.5 Å². The van der Waals surface area contributed by atoms with Crippen LogP contribution in [0.4, 0.5) is 17.2 Å². The Balaban J connectivity index is 1.35. The molecule has 0 spiro atoms. The van der Waals surface area contributed by atoms with Gasteiger partial charge in [0, 0.05) is 48.6 Å². The average Bonchev–Trinajstić information content (AvgIpc) is 2.88. The molecule has 5 rings (SSSR count). The number of hydrogen-bond acceptors (Lipinski definition) is 7. The lowest BCUT2D eigenvalue weighted by molar-refractivity contribution is 0.122. The molecule has 0 aliphatic carbocycles. The first-order valence-corrected chi connectivity index (χ1v) is 11.4. The highest BCUT2D eigenvalue weighted by molar-refractivity contribution is 5.65. The standard InChI is InChI=1S/C27H27N5O2/c1-19-17-25(27(30-20(19)2)24-5-3-4-11-28-24)34-23-10-12-29-26(18-23)31-21-6-8-22(9-7-21)32-13-15-33-16-14-32/h3-12,17-18H,13-16H2,1-2H3,(H,29,31). The molecule has 0 bridgehead atoms. The second kappa shape index (κ2) is 9.89. The number of aromatic nitrogens is 3. The van der Waals surface area contributed by atoms with Crippen molar-refractivity contribution in [2.45, 2.75) is 13.8 Å². The van der Waals surface area contributed by atoms with Gasteiger partial charge in [-0.05, 0) is 67.9 Å². The lowest BCUT2D eigenvalue weighted by Gasteiger charge is -2.28. The lowest BCUT2D eigenvalue weighted by atomic mass is 10.1. The number of aryl methyl sites for hydroxylation is 2. The highest BCUT2D eigenvalue weighted by Gasteiger charge is 2.14. The van der Waals surface area contributed by atoms with E-state index in [0.29, 0.717) is 23.0 Å². The Labute approximate surface area is 199 Å². The van der Waals surface area contributed by atoms with E-state index in [1.165, 1.54) is 5.69 Å². The molecule has 0 radical (unpaired) electrons. The molecule has 7 heteroatoms. The van der Waals surface area contributed by atoms with E-state index >= 15 is 0 Å². The van der Waals surface area contributed by atoms with Gasteiger partial charge in [-0.1, -0.05) is 6.07 Å². The summed E-state index contributed by atoms with van der Waals surface area (Å²) in [5, 5.41) is 3.36. The molecule has 1 aliphatic heterocycles. The molecule has 0 amide bonds. The van der Waals surface area contributed by atoms with E-state index in [9.17, 15) is 0 Å². The van der Waals surface area contributed by atoms with Crippen molar-refractivity contribution in [3.8, 4) is 22.9 Å². The van der Waals surface area contributed by atoms with Gasteiger partial charge in [-0.3, -0.25) is 4.98 Å². The van der Waals surface area contributed by atoms with Gasteiger partial charge in [0.05, 0.1) is 18.9 Å². The monoisotopic (exact) mass is 453 g/mol. The van der Waals surface area contributed by atoms with E-state index in [0.717, 1.165) is 48.9 Å². The summed E-state index contributed by atoms with van der Waals surface area (Å²) in [5.41, 5.74) is 5.65. The third-order valence-electron chi connectivity index (χ3n) is 5.81. The van der Waals surface area contributed by atoms with Gasteiger partial charge in [-0.25, -0.2) is 9.97 Å². The molecular weight excluding hydrogens is 426 g/mol. The molecule has 4 aromatic rings. The highest BCUT2D eigenvalue weighted by Crippen LogP contribution is 2.33. The van der Waals surface area contributed by atoms with Gasteiger partial charge in [0.1, 0.15) is 17.3 Å². The Kier molecular flexibility index (Phi) is 6.35. The molecular formula is C27H27N5O2. The van der Waals surface area contributed by atoms with E-state index in [1.807, 2.05) is 50.2 Å². The molecule has 1 N–H and O–H groups in total. The van der Waals surface area contributed by atoms with Crippen molar-refractivity contribution in [1.29, 1.82) is 0 Å². The van der Waals surface area contributed by atoms with E-state index in [2.05, 4.69) is 44.5 Å². The van der Waals surface area contributed by atoms with E-state index in [4.69, 9.17) is 14.5 Å². The topological polar surface area (TPSA) is 72.4 Å². The summed E-state index contributed by atoms with van der Waals surface area (Å²) in [6.07, 6.45) is 3.49. The van der Waals surface area contributed by atoms with Crippen LogP contribution >= 0.6 is 0 Å². The van der Waals surface area contributed by atoms with Gasteiger partial charge in [0.2, 0.25) is 0 Å². The Bertz CT molecular complexity index is 1260. The van der Waals surface area contributed by atoms with Crippen molar-refractivity contribution in [3.05, 3.63) is 84.3 Å². The predicted octanol–water partition coefficient (Wildman–Crippen LogP) is 5.53. The van der Waals surface area contributed by atoms with Gasteiger partial charge in [0.15, 0.2) is 5.75 Å². The fourth-order valence-electron chi connectivity index (χ4n) is 3.84. The number of nitrogens with one attached hydrogen (secondary N) is 1. The quantitative estimate of drug-likeness (QED) is 0.412. The van der Waals surface area contributed by atoms with Crippen molar-refractivity contribution in [3.63, 3.8) is 0 Å². The van der Waals surface area contributed by atoms with E-state index in [1.54, 1.807) is 12.4 Å². The van der Waals surface area contributed by atoms with Crippen LogP contribution in [-0.4, -0.2) is 41.3 Å².